The summed E-state index contributed by atoms with van der Waals surface area (Å²) >= 11 is 0. The molecular formula is C31H21N3O. The zero-order valence-electron chi connectivity index (χ0n) is 18.8. The van der Waals surface area contributed by atoms with Crippen molar-refractivity contribution in [3.8, 4) is 51.0 Å². The first-order valence-corrected chi connectivity index (χ1v) is 11.4. The Hall–Kier alpha value is -4.83. The van der Waals surface area contributed by atoms with Crippen LogP contribution in [-0.4, -0.2) is 20.1 Å². The number of benzene rings is 5. The van der Waals surface area contributed by atoms with Gasteiger partial charge in [0.15, 0.2) is 17.5 Å². The fourth-order valence-electron chi connectivity index (χ4n) is 4.16. The van der Waals surface area contributed by atoms with Gasteiger partial charge < -0.3 is 5.11 Å². The van der Waals surface area contributed by atoms with Crippen LogP contribution in [0.3, 0.4) is 0 Å². The molecule has 0 fully saturated rings. The van der Waals surface area contributed by atoms with E-state index in [4.69, 9.17) is 15.0 Å². The number of rotatable bonds is 4. The highest BCUT2D eigenvalue weighted by molar-refractivity contribution is 5.88. The van der Waals surface area contributed by atoms with E-state index < -0.39 is 0 Å². The Morgan fingerprint density at radius 1 is 0.371 bits per heavy atom. The summed E-state index contributed by atoms with van der Waals surface area (Å²) in [6.45, 7) is 0. The van der Waals surface area contributed by atoms with Crippen LogP contribution in [0.1, 0.15) is 0 Å². The molecule has 35 heavy (non-hydrogen) atoms. The van der Waals surface area contributed by atoms with E-state index in [2.05, 4.69) is 36.4 Å². The van der Waals surface area contributed by atoms with Crippen molar-refractivity contribution in [2.45, 2.75) is 0 Å². The molecule has 5 aromatic carbocycles. The first-order valence-electron chi connectivity index (χ1n) is 11.4. The topological polar surface area (TPSA) is 58.9 Å². The maximum atomic E-state index is 9.72. The van der Waals surface area contributed by atoms with E-state index in [0.29, 0.717) is 17.5 Å². The summed E-state index contributed by atoms with van der Waals surface area (Å²) in [4.78, 5) is 14.4. The first kappa shape index (κ1) is 20.8. The van der Waals surface area contributed by atoms with Crippen LogP contribution < -0.4 is 0 Å². The Bertz CT molecular complexity index is 1570. The monoisotopic (exact) mass is 451 g/mol. The molecule has 0 aliphatic rings. The molecule has 6 rings (SSSR count). The molecule has 1 N–H and O–H groups in total. The number of hydrogen-bond donors (Lipinski definition) is 1. The van der Waals surface area contributed by atoms with Gasteiger partial charge in [-0.3, -0.25) is 0 Å². The Labute approximate surface area is 203 Å². The molecule has 0 unspecified atom stereocenters. The van der Waals surface area contributed by atoms with E-state index >= 15 is 0 Å². The molecule has 1 heterocycles. The molecule has 0 spiro atoms. The summed E-state index contributed by atoms with van der Waals surface area (Å²) in [5, 5.41) is 11.8. The van der Waals surface area contributed by atoms with E-state index in [1.165, 1.54) is 0 Å². The summed E-state index contributed by atoms with van der Waals surface area (Å²) in [5.41, 5.74) is 5.04. The maximum Gasteiger partial charge on any atom is 0.164 e. The minimum atomic E-state index is 0.275. The molecule has 0 saturated carbocycles. The number of phenols is 1. The fraction of sp³-hybridized carbons (Fsp3) is 0. The fourth-order valence-corrected chi connectivity index (χ4v) is 4.16. The van der Waals surface area contributed by atoms with Crippen molar-refractivity contribution in [1.29, 1.82) is 0 Å². The largest absolute Gasteiger partial charge is 0.508 e. The van der Waals surface area contributed by atoms with Gasteiger partial charge in [0.1, 0.15) is 5.75 Å². The van der Waals surface area contributed by atoms with Crippen LogP contribution in [0.5, 0.6) is 5.75 Å². The SMILES string of the molecule is Oc1ccc2cc(-c3ccc(-c4nc(-c5ccccc5)nc(-c5ccccc5)n4)cc3)ccc2c1. The molecule has 1 aromatic heterocycles. The lowest BCUT2D eigenvalue weighted by molar-refractivity contribution is 0.476. The van der Waals surface area contributed by atoms with Crippen molar-refractivity contribution in [1.82, 2.24) is 15.0 Å². The highest BCUT2D eigenvalue weighted by Crippen LogP contribution is 2.29. The smallest absolute Gasteiger partial charge is 0.164 e. The summed E-state index contributed by atoms with van der Waals surface area (Å²) in [7, 11) is 0. The average molecular weight is 452 g/mol. The second kappa shape index (κ2) is 8.84. The molecule has 0 aliphatic carbocycles. The molecule has 4 nitrogen and oxygen atoms in total. The molecule has 0 radical (unpaired) electrons. The molecule has 0 amide bonds. The van der Waals surface area contributed by atoms with Crippen LogP contribution in [0, 0.1) is 0 Å². The summed E-state index contributed by atoms with van der Waals surface area (Å²) < 4.78 is 0. The third-order valence-electron chi connectivity index (χ3n) is 6.00. The summed E-state index contributed by atoms with van der Waals surface area (Å²) in [5.74, 6) is 2.21. The quantitative estimate of drug-likeness (QED) is 0.303. The van der Waals surface area contributed by atoms with E-state index in [1.807, 2.05) is 72.8 Å². The minimum absolute atomic E-state index is 0.275. The molecule has 0 atom stereocenters. The number of fused-ring (bicyclic) bond motifs is 1. The third kappa shape index (κ3) is 4.25. The van der Waals surface area contributed by atoms with Gasteiger partial charge in [0.2, 0.25) is 0 Å². The van der Waals surface area contributed by atoms with Crippen LogP contribution in [0.15, 0.2) is 121 Å². The van der Waals surface area contributed by atoms with Gasteiger partial charge in [0, 0.05) is 16.7 Å². The molecule has 0 bridgehead atoms. The molecule has 166 valence electrons. The van der Waals surface area contributed by atoms with Gasteiger partial charge in [-0.15, -0.1) is 0 Å². The molecule has 0 saturated heterocycles. The van der Waals surface area contributed by atoms with Crippen LogP contribution in [0.2, 0.25) is 0 Å². The predicted octanol–water partition coefficient (Wildman–Crippen LogP) is 7.40. The van der Waals surface area contributed by atoms with E-state index in [-0.39, 0.29) is 5.75 Å². The second-order valence-corrected chi connectivity index (χ2v) is 8.36. The van der Waals surface area contributed by atoms with Gasteiger partial charge >= 0.3 is 0 Å². The van der Waals surface area contributed by atoms with Gasteiger partial charge in [0.05, 0.1) is 0 Å². The number of aromatic hydroxyl groups is 1. The lowest BCUT2D eigenvalue weighted by Gasteiger charge is -2.09. The Morgan fingerprint density at radius 2 is 0.800 bits per heavy atom. The Morgan fingerprint density at radius 3 is 1.37 bits per heavy atom. The lowest BCUT2D eigenvalue weighted by Crippen LogP contribution is -2.00. The van der Waals surface area contributed by atoms with E-state index in [9.17, 15) is 5.11 Å². The van der Waals surface area contributed by atoms with Crippen molar-refractivity contribution >= 4 is 10.8 Å². The first-order chi connectivity index (χ1) is 17.2. The predicted molar refractivity (Wildman–Crippen MR) is 141 cm³/mol. The van der Waals surface area contributed by atoms with Crippen LogP contribution in [0.4, 0.5) is 0 Å². The van der Waals surface area contributed by atoms with Crippen molar-refractivity contribution in [2.24, 2.45) is 0 Å². The van der Waals surface area contributed by atoms with E-state index in [0.717, 1.165) is 38.6 Å². The molecule has 4 heteroatoms. The van der Waals surface area contributed by atoms with Gasteiger partial charge in [-0.2, -0.15) is 0 Å². The number of phenolic OH excluding ortho intramolecular Hbond substituents is 1. The third-order valence-corrected chi connectivity index (χ3v) is 6.00. The standard InChI is InChI=1S/C31H21N3O/c35-28-18-17-26-19-25(15-16-27(26)20-28)21-11-13-24(14-12-21)31-33-29(22-7-3-1-4-8-22)32-30(34-31)23-9-5-2-6-10-23/h1-20,35H. The van der Waals surface area contributed by atoms with Crippen molar-refractivity contribution in [3.63, 3.8) is 0 Å². The van der Waals surface area contributed by atoms with Crippen molar-refractivity contribution < 1.29 is 5.11 Å². The van der Waals surface area contributed by atoms with Crippen LogP contribution in [-0.2, 0) is 0 Å². The summed E-state index contributed by atoms with van der Waals surface area (Å²) in [6.07, 6.45) is 0. The zero-order valence-corrected chi connectivity index (χ0v) is 18.8. The minimum Gasteiger partial charge on any atom is -0.508 e. The van der Waals surface area contributed by atoms with Gasteiger partial charge in [0.25, 0.3) is 0 Å². The molecular weight excluding hydrogens is 430 g/mol. The van der Waals surface area contributed by atoms with E-state index in [1.54, 1.807) is 12.1 Å². The molecule has 6 aromatic rings. The molecule has 0 aliphatic heterocycles. The van der Waals surface area contributed by atoms with Crippen molar-refractivity contribution in [2.75, 3.05) is 0 Å². The lowest BCUT2D eigenvalue weighted by atomic mass is 10.00. The van der Waals surface area contributed by atoms with Gasteiger partial charge in [-0.05, 0) is 40.1 Å². The van der Waals surface area contributed by atoms with Gasteiger partial charge in [-0.25, -0.2) is 15.0 Å². The zero-order chi connectivity index (χ0) is 23.6. The number of aromatic nitrogens is 3. The van der Waals surface area contributed by atoms with Crippen molar-refractivity contribution in [3.05, 3.63) is 121 Å². The number of nitrogens with zero attached hydrogens (tertiary/aromatic N) is 3. The summed E-state index contributed by atoms with van der Waals surface area (Å²) in [6, 6.07) is 39.9. The maximum absolute atomic E-state index is 9.72. The van der Waals surface area contributed by atoms with Crippen LogP contribution >= 0.6 is 0 Å². The Balaban J connectivity index is 1.41. The average Bonchev–Trinajstić information content (AvgIpc) is 2.93. The Kier molecular flexibility index (Phi) is 5.24. The number of hydrogen-bond acceptors (Lipinski definition) is 4. The highest BCUT2D eigenvalue weighted by atomic mass is 16.3. The normalized spacial score (nSPS) is 11.0. The highest BCUT2D eigenvalue weighted by Gasteiger charge is 2.12. The van der Waals surface area contributed by atoms with Crippen LogP contribution in [0.25, 0.3) is 56.1 Å². The second-order valence-electron chi connectivity index (χ2n) is 8.36. The van der Waals surface area contributed by atoms with Gasteiger partial charge in [-0.1, -0.05) is 103 Å².